The number of alkyl halides is 2. The molecule has 0 aromatic rings. The lowest BCUT2D eigenvalue weighted by molar-refractivity contribution is 0.189. The summed E-state index contributed by atoms with van der Waals surface area (Å²) in [6.45, 7) is 2.50. The van der Waals surface area contributed by atoms with E-state index in [2.05, 4.69) is 5.32 Å². The molecule has 0 aromatic carbocycles. The number of nitrogens with zero attached hydrogens (tertiary/aromatic N) is 1. The standard InChI is InChI=1S/C10H20F2N2O3S/c1-17-7-4-13-8-9-2-5-14(6-3-9)18(15,16)10(11)12/h9-10,13H,2-8H2,1H3. The Hall–Kier alpha value is -0.310. The van der Waals surface area contributed by atoms with Crippen LogP contribution in [0.25, 0.3) is 0 Å². The van der Waals surface area contributed by atoms with E-state index in [1.165, 1.54) is 0 Å². The van der Waals surface area contributed by atoms with Crippen molar-refractivity contribution in [2.45, 2.75) is 18.6 Å². The highest BCUT2D eigenvalue weighted by Crippen LogP contribution is 2.21. The van der Waals surface area contributed by atoms with E-state index in [0.717, 1.165) is 17.4 Å². The average Bonchev–Trinajstić information content (AvgIpc) is 2.35. The topological polar surface area (TPSA) is 58.6 Å². The molecule has 1 saturated heterocycles. The van der Waals surface area contributed by atoms with Crippen molar-refractivity contribution in [2.75, 3.05) is 39.9 Å². The molecule has 1 N–H and O–H groups in total. The molecule has 0 atom stereocenters. The van der Waals surface area contributed by atoms with Crippen LogP contribution in [0.15, 0.2) is 0 Å². The van der Waals surface area contributed by atoms with Gasteiger partial charge in [-0.1, -0.05) is 0 Å². The molecule has 1 fully saturated rings. The fourth-order valence-electron chi connectivity index (χ4n) is 1.96. The van der Waals surface area contributed by atoms with Gasteiger partial charge in [-0.25, -0.2) is 8.42 Å². The molecule has 5 nitrogen and oxygen atoms in total. The fourth-order valence-corrected chi connectivity index (χ4v) is 2.91. The number of halogens is 2. The number of nitrogens with one attached hydrogen (secondary N) is 1. The predicted octanol–water partition coefficient (Wildman–Crippen LogP) is 0.487. The second-order valence-corrected chi connectivity index (χ2v) is 6.25. The van der Waals surface area contributed by atoms with E-state index in [4.69, 9.17) is 4.74 Å². The highest BCUT2D eigenvalue weighted by molar-refractivity contribution is 7.89. The first-order chi connectivity index (χ1) is 8.48. The van der Waals surface area contributed by atoms with E-state index in [0.29, 0.717) is 25.4 Å². The van der Waals surface area contributed by atoms with Gasteiger partial charge < -0.3 is 10.1 Å². The lowest BCUT2D eigenvalue weighted by Crippen LogP contribution is -2.43. The smallest absolute Gasteiger partial charge is 0.350 e. The van der Waals surface area contributed by atoms with Gasteiger partial charge in [0.15, 0.2) is 0 Å². The van der Waals surface area contributed by atoms with Gasteiger partial charge in [0.2, 0.25) is 0 Å². The Balaban J connectivity index is 2.29. The summed E-state index contributed by atoms with van der Waals surface area (Å²) in [4.78, 5) is 0. The van der Waals surface area contributed by atoms with E-state index in [1.807, 2.05) is 0 Å². The van der Waals surface area contributed by atoms with E-state index in [-0.39, 0.29) is 13.1 Å². The van der Waals surface area contributed by atoms with E-state index in [9.17, 15) is 17.2 Å². The zero-order chi connectivity index (χ0) is 13.6. The van der Waals surface area contributed by atoms with Crippen molar-refractivity contribution < 1.29 is 21.9 Å². The zero-order valence-electron chi connectivity index (χ0n) is 10.4. The molecular weight excluding hydrogens is 266 g/mol. The van der Waals surface area contributed by atoms with Crippen LogP contribution in [0.1, 0.15) is 12.8 Å². The quantitative estimate of drug-likeness (QED) is 0.692. The number of piperidine rings is 1. The molecule has 0 amide bonds. The highest BCUT2D eigenvalue weighted by atomic mass is 32.2. The number of hydrogen-bond acceptors (Lipinski definition) is 4. The van der Waals surface area contributed by atoms with Crippen LogP contribution >= 0.6 is 0 Å². The number of methoxy groups -OCH3 is 1. The van der Waals surface area contributed by atoms with E-state index < -0.39 is 15.8 Å². The minimum absolute atomic E-state index is 0.184. The second-order valence-electron chi connectivity index (χ2n) is 4.34. The molecule has 0 spiro atoms. The van der Waals surface area contributed by atoms with Crippen LogP contribution in [-0.2, 0) is 14.8 Å². The molecule has 1 heterocycles. The van der Waals surface area contributed by atoms with Gasteiger partial charge in [-0.3, -0.25) is 0 Å². The van der Waals surface area contributed by atoms with Crippen molar-refractivity contribution in [2.24, 2.45) is 5.92 Å². The third-order valence-electron chi connectivity index (χ3n) is 3.07. The first-order valence-electron chi connectivity index (χ1n) is 5.95. The van der Waals surface area contributed by atoms with Gasteiger partial charge in [0, 0.05) is 26.7 Å². The first kappa shape index (κ1) is 15.7. The monoisotopic (exact) mass is 286 g/mol. The maximum absolute atomic E-state index is 12.3. The SMILES string of the molecule is COCCNCC1CCN(S(=O)(=O)C(F)F)CC1. The van der Waals surface area contributed by atoms with E-state index >= 15 is 0 Å². The third kappa shape index (κ3) is 4.42. The summed E-state index contributed by atoms with van der Waals surface area (Å²) in [6.07, 6.45) is 1.23. The van der Waals surface area contributed by atoms with E-state index in [1.54, 1.807) is 7.11 Å². The normalized spacial score (nSPS) is 19.6. The minimum Gasteiger partial charge on any atom is -0.383 e. The first-order valence-corrected chi connectivity index (χ1v) is 7.45. The Morgan fingerprint density at radius 2 is 2.00 bits per heavy atom. The van der Waals surface area contributed by atoms with Crippen LogP contribution in [-0.4, -0.2) is 58.4 Å². The minimum atomic E-state index is -4.39. The second kappa shape index (κ2) is 7.32. The highest BCUT2D eigenvalue weighted by Gasteiger charge is 2.34. The van der Waals surface area contributed by atoms with Gasteiger partial charge in [0.1, 0.15) is 0 Å². The van der Waals surface area contributed by atoms with Crippen molar-refractivity contribution in [1.29, 1.82) is 0 Å². The molecule has 1 rings (SSSR count). The Morgan fingerprint density at radius 3 is 2.50 bits per heavy atom. The summed E-state index contributed by atoms with van der Waals surface area (Å²) < 4.78 is 52.9. The maximum atomic E-state index is 12.3. The number of ether oxygens (including phenoxy) is 1. The number of hydrogen-bond donors (Lipinski definition) is 1. The molecule has 0 unspecified atom stereocenters. The Bertz CT molecular complexity index is 330. The van der Waals surface area contributed by atoms with Gasteiger partial charge in [-0.05, 0) is 25.3 Å². The molecule has 0 bridgehead atoms. The van der Waals surface area contributed by atoms with Crippen LogP contribution < -0.4 is 5.32 Å². The van der Waals surface area contributed by atoms with Crippen LogP contribution in [0.3, 0.4) is 0 Å². The number of rotatable bonds is 7. The number of sulfonamides is 1. The van der Waals surface area contributed by atoms with Gasteiger partial charge in [-0.15, -0.1) is 0 Å². The van der Waals surface area contributed by atoms with Gasteiger partial charge in [0.05, 0.1) is 6.61 Å². The molecule has 1 aliphatic rings. The molecule has 0 saturated carbocycles. The van der Waals surface area contributed by atoms with Gasteiger partial charge >= 0.3 is 5.76 Å². The van der Waals surface area contributed by atoms with Crippen LogP contribution in [0.2, 0.25) is 0 Å². The summed E-state index contributed by atoms with van der Waals surface area (Å²) in [6, 6.07) is 0. The van der Waals surface area contributed by atoms with Crippen molar-refractivity contribution >= 4 is 10.0 Å². The molecule has 108 valence electrons. The van der Waals surface area contributed by atoms with Gasteiger partial charge in [0.25, 0.3) is 10.0 Å². The maximum Gasteiger partial charge on any atom is 0.350 e. The van der Waals surface area contributed by atoms with Crippen LogP contribution in [0.4, 0.5) is 8.78 Å². The molecule has 18 heavy (non-hydrogen) atoms. The third-order valence-corrected chi connectivity index (χ3v) is 4.61. The largest absolute Gasteiger partial charge is 0.383 e. The lowest BCUT2D eigenvalue weighted by atomic mass is 9.98. The van der Waals surface area contributed by atoms with Crippen molar-refractivity contribution in [3.05, 3.63) is 0 Å². The average molecular weight is 286 g/mol. The zero-order valence-corrected chi connectivity index (χ0v) is 11.3. The summed E-state index contributed by atoms with van der Waals surface area (Å²) in [7, 11) is -2.77. The molecule has 0 aliphatic carbocycles. The summed E-state index contributed by atoms with van der Waals surface area (Å²) >= 11 is 0. The predicted molar refractivity (Wildman–Crippen MR) is 64.0 cm³/mol. The Morgan fingerprint density at radius 1 is 1.39 bits per heavy atom. The summed E-state index contributed by atoms with van der Waals surface area (Å²) in [5.74, 6) is -2.97. The molecule has 1 aliphatic heterocycles. The van der Waals surface area contributed by atoms with Crippen molar-refractivity contribution in [1.82, 2.24) is 9.62 Å². The molecule has 8 heteroatoms. The van der Waals surface area contributed by atoms with Crippen molar-refractivity contribution in [3.8, 4) is 0 Å². The van der Waals surface area contributed by atoms with Gasteiger partial charge in [-0.2, -0.15) is 13.1 Å². The molecule has 0 radical (unpaired) electrons. The van der Waals surface area contributed by atoms with Crippen LogP contribution in [0.5, 0.6) is 0 Å². The Labute approximate surface area is 107 Å². The lowest BCUT2D eigenvalue weighted by Gasteiger charge is -2.30. The molecular formula is C10H20F2N2O3S. The Kier molecular flexibility index (Phi) is 6.40. The summed E-state index contributed by atoms with van der Waals surface area (Å²) in [5.41, 5.74) is 0. The van der Waals surface area contributed by atoms with Crippen molar-refractivity contribution in [3.63, 3.8) is 0 Å². The summed E-state index contributed by atoms with van der Waals surface area (Å²) in [5, 5.41) is 3.19. The van der Waals surface area contributed by atoms with Crippen LogP contribution in [0, 0.1) is 5.92 Å². The fraction of sp³-hybridized carbons (Fsp3) is 1.00. The molecule has 0 aromatic heterocycles.